The predicted molar refractivity (Wildman–Crippen MR) is 342 cm³/mol. The molecule has 8 bridgehead atoms. The summed E-state index contributed by atoms with van der Waals surface area (Å²) >= 11 is 0. The molecule has 0 aliphatic heterocycles. The van der Waals surface area contributed by atoms with Crippen LogP contribution in [0.4, 0.5) is 50.4 Å². The quantitative estimate of drug-likeness (QED) is 0.0491. The Morgan fingerprint density at radius 2 is 0.448 bits per heavy atom. The average molecular weight is 1410 g/mol. The average Bonchev–Trinajstić information content (AvgIpc) is 0.707. The molecule has 28 heteroatoms. The molecule has 0 saturated heterocycles. The molecule has 0 spiro atoms. The number of benzene rings is 4. The summed E-state index contributed by atoms with van der Waals surface area (Å²) in [6, 6.07) is 25.9. The third kappa shape index (κ3) is 17.9. The number of ether oxygens (including phenoxy) is 12. The Hall–Kier alpha value is -7.20. The van der Waals surface area contributed by atoms with Crippen molar-refractivity contribution in [2.45, 2.75) is 98.7 Å². The molecule has 534 valence electrons. The molecule has 2 heterocycles. The minimum absolute atomic E-state index is 0.0807. The summed E-state index contributed by atoms with van der Waals surface area (Å²) in [4.78, 5) is 0. The number of hydrogen-bond acceptors (Lipinski definition) is 12. The fourth-order valence-electron chi connectivity index (χ4n) is 16.8. The Balaban J connectivity index is 0.000000177. The van der Waals surface area contributed by atoms with Crippen molar-refractivity contribution in [3.8, 4) is 80.1 Å². The maximum absolute atomic E-state index is 10.7. The summed E-state index contributed by atoms with van der Waals surface area (Å²) in [5.41, 5.74) is 8.03. The van der Waals surface area contributed by atoms with Crippen LogP contribution in [0, 0.1) is 23.7 Å². The van der Waals surface area contributed by atoms with E-state index in [-0.39, 0.29) is 21.7 Å². The van der Waals surface area contributed by atoms with E-state index in [4.69, 9.17) is 56.8 Å². The van der Waals surface area contributed by atoms with Crippen LogP contribution in [-0.4, -0.2) is 85.3 Å². The number of aryl methyl sites for hydroxylation is 2. The number of hydrogen-bond donors (Lipinski definition) is 0. The van der Waals surface area contributed by atoms with E-state index in [2.05, 4.69) is 97.6 Å². The van der Waals surface area contributed by atoms with Crippen molar-refractivity contribution in [2.75, 3.05) is 85.3 Å². The standard InChI is InChI=1S/2C28H36O6.C12H14N2.2F6P/c2*1-29-21-8-19(9-22(30-2)25(21)33-5)27-12-17-7-18(13-27)15-28(14-17,16-27)20-10-23(31-3)26(34-6)24(11-20)32-4;1-13-7-3-11(4-8-13)12-5-9-14(2)10-6-12;2*1-7(2,3,4,5)6/h2*8-11,17-18H,7,12-16H2,1-6H3;3-10H,1-2H3;;/q;;+2;2*-1. The third-order valence-electron chi connectivity index (χ3n) is 19.5. The Kier molecular flexibility index (Phi) is 20.4. The van der Waals surface area contributed by atoms with Gasteiger partial charge in [-0.3, -0.25) is 0 Å². The fraction of sp³-hybridized carbons (Fsp3) is 0.500. The Labute approximate surface area is 551 Å². The van der Waals surface area contributed by atoms with Crippen molar-refractivity contribution in [1.82, 2.24) is 0 Å². The Bertz CT molecular complexity index is 3200. The number of halogens is 12. The van der Waals surface area contributed by atoms with E-state index >= 15 is 0 Å². The topological polar surface area (TPSA) is 119 Å². The van der Waals surface area contributed by atoms with Crippen LogP contribution in [0.15, 0.2) is 97.6 Å². The van der Waals surface area contributed by atoms with E-state index in [9.17, 15) is 50.4 Å². The van der Waals surface area contributed by atoms with Gasteiger partial charge in [0.25, 0.3) is 0 Å². The van der Waals surface area contributed by atoms with Gasteiger partial charge in [0.15, 0.2) is 70.8 Å². The summed E-state index contributed by atoms with van der Waals surface area (Å²) in [6.07, 6.45) is 22.7. The molecule has 14 rings (SSSR count). The molecule has 0 radical (unpaired) electrons. The van der Waals surface area contributed by atoms with Gasteiger partial charge in [0.05, 0.1) is 85.3 Å². The summed E-state index contributed by atoms with van der Waals surface area (Å²) in [7, 11) is 2.90. The van der Waals surface area contributed by atoms with Crippen LogP contribution in [0.25, 0.3) is 11.1 Å². The molecule has 6 aromatic rings. The summed E-state index contributed by atoms with van der Waals surface area (Å²) in [5, 5.41) is 0. The zero-order chi connectivity index (χ0) is 71.0. The number of methoxy groups -OCH3 is 12. The van der Waals surface area contributed by atoms with Gasteiger partial charge in [-0.1, -0.05) is 0 Å². The molecule has 0 unspecified atom stereocenters. The monoisotopic (exact) mass is 1410 g/mol. The number of rotatable bonds is 17. The van der Waals surface area contributed by atoms with E-state index in [1.54, 1.807) is 85.3 Å². The second-order valence-electron chi connectivity index (χ2n) is 26.1. The molecule has 4 aromatic carbocycles. The van der Waals surface area contributed by atoms with Gasteiger partial charge in [0, 0.05) is 24.3 Å². The van der Waals surface area contributed by atoms with Crippen molar-refractivity contribution in [3.05, 3.63) is 120 Å². The molecule has 8 aliphatic rings. The van der Waals surface area contributed by atoms with Crippen molar-refractivity contribution < 1.29 is 116 Å². The van der Waals surface area contributed by atoms with Crippen LogP contribution in [0.5, 0.6) is 69.0 Å². The fourth-order valence-corrected chi connectivity index (χ4v) is 16.8. The molecule has 2 aromatic heterocycles. The number of aromatic nitrogens is 2. The second-order valence-corrected chi connectivity index (χ2v) is 30.0. The molecular weight excluding hydrogens is 1330 g/mol. The van der Waals surface area contributed by atoms with Crippen molar-refractivity contribution in [2.24, 2.45) is 37.8 Å². The summed E-state index contributed by atoms with van der Waals surface area (Å²) < 4.78 is 191. The predicted octanol–water partition coefficient (Wildman–Crippen LogP) is 18.8. The Morgan fingerprint density at radius 1 is 0.292 bits per heavy atom. The number of nitrogens with zero attached hydrogens (tertiary/aromatic N) is 2. The van der Waals surface area contributed by atoms with Gasteiger partial charge in [0.1, 0.15) is 14.1 Å². The molecule has 8 aliphatic carbocycles. The first-order valence-corrected chi connectivity index (χ1v) is 34.9. The van der Waals surface area contributed by atoms with E-state index < -0.39 is 15.6 Å². The van der Waals surface area contributed by atoms with E-state index in [1.165, 1.54) is 97.6 Å². The van der Waals surface area contributed by atoms with E-state index in [1.807, 2.05) is 23.2 Å². The van der Waals surface area contributed by atoms with Crippen LogP contribution in [-0.2, 0) is 35.8 Å². The molecular formula is C68H86F12N2O12P2. The van der Waals surface area contributed by atoms with E-state index in [0.29, 0.717) is 46.7 Å². The van der Waals surface area contributed by atoms with Gasteiger partial charge in [-0.05, 0) is 204 Å². The molecule has 96 heavy (non-hydrogen) atoms. The SMILES string of the molecule is COc1cc(C23CC4CC(C2)CC(c2cc(OC)c(OC)c(OC)c2)(C4)C3)cc(OC)c1OC.COc1cc(C23CC4CC(C2)CC(c2cc(OC)c(OC)c(OC)c2)(C4)C3)cc(OC)c1OC.C[n+]1ccc(-c2cc[n+](C)cc2)cc1.F[P-](F)(F)(F)(F)F.F[P-](F)(F)(F)(F)F. The van der Waals surface area contributed by atoms with Crippen LogP contribution in [0.2, 0.25) is 0 Å². The molecule has 14 nitrogen and oxygen atoms in total. The summed E-state index contributed by atoms with van der Waals surface area (Å²) in [5.74, 6) is 11.2. The van der Waals surface area contributed by atoms with Gasteiger partial charge >= 0.3 is 66.0 Å². The van der Waals surface area contributed by atoms with Crippen molar-refractivity contribution in [1.29, 1.82) is 0 Å². The maximum atomic E-state index is 9.87. The molecule has 8 saturated carbocycles. The molecule has 8 fully saturated rings. The molecule has 0 amide bonds. The van der Waals surface area contributed by atoms with Gasteiger partial charge < -0.3 is 56.8 Å². The van der Waals surface area contributed by atoms with Crippen LogP contribution in [0.1, 0.15) is 99.3 Å². The molecule has 0 N–H and O–H groups in total. The van der Waals surface area contributed by atoms with Crippen LogP contribution in [0.3, 0.4) is 0 Å². The zero-order valence-corrected chi connectivity index (χ0v) is 58.0. The first-order chi connectivity index (χ1) is 44.5. The van der Waals surface area contributed by atoms with Crippen LogP contribution >= 0.6 is 15.6 Å². The first-order valence-electron chi connectivity index (χ1n) is 30.8. The van der Waals surface area contributed by atoms with Crippen LogP contribution < -0.4 is 66.0 Å². The van der Waals surface area contributed by atoms with E-state index in [0.717, 1.165) is 58.8 Å². The first kappa shape index (κ1) is 74.6. The van der Waals surface area contributed by atoms with Gasteiger partial charge in [-0.15, -0.1) is 0 Å². The summed E-state index contributed by atoms with van der Waals surface area (Å²) in [6.45, 7) is 0. The minimum atomic E-state index is -10.7. The Morgan fingerprint density at radius 3 is 0.583 bits per heavy atom. The van der Waals surface area contributed by atoms with Gasteiger partial charge in [0.2, 0.25) is 23.0 Å². The molecule has 0 atom stereocenters. The third-order valence-corrected chi connectivity index (χ3v) is 19.5. The number of pyridine rings is 2. The van der Waals surface area contributed by atoms with Gasteiger partial charge in [-0.25, -0.2) is 9.13 Å². The van der Waals surface area contributed by atoms with Crippen molar-refractivity contribution >= 4 is 15.6 Å². The zero-order valence-electron chi connectivity index (χ0n) is 56.3. The second kappa shape index (κ2) is 26.2. The normalized spacial score (nSPS) is 25.4. The van der Waals surface area contributed by atoms with Crippen molar-refractivity contribution in [3.63, 3.8) is 0 Å². The van der Waals surface area contributed by atoms with Gasteiger partial charge in [-0.2, -0.15) is 0 Å².